The molecule has 0 fully saturated rings. The van der Waals surface area contributed by atoms with E-state index in [1.165, 1.54) is 13.2 Å². The molecule has 0 saturated heterocycles. The van der Waals surface area contributed by atoms with E-state index in [1.54, 1.807) is 6.07 Å². The summed E-state index contributed by atoms with van der Waals surface area (Å²) in [7, 11) is 1.36. The Hall–Kier alpha value is -2.44. The van der Waals surface area contributed by atoms with Gasteiger partial charge in [0.2, 0.25) is 11.6 Å². The highest BCUT2D eigenvalue weighted by molar-refractivity contribution is 5.72. The molecule has 6 nitrogen and oxygen atoms in total. The number of methoxy groups -OCH3 is 1. The highest BCUT2D eigenvalue weighted by Gasteiger charge is 2.26. The zero-order chi connectivity index (χ0) is 13.4. The molecule has 0 atom stereocenters. The van der Waals surface area contributed by atoms with Crippen LogP contribution in [0.3, 0.4) is 0 Å². The smallest absolute Gasteiger partial charge is 0.211 e. The first kappa shape index (κ1) is 11.6. The molecule has 0 saturated carbocycles. The minimum absolute atomic E-state index is 0.000370. The van der Waals surface area contributed by atoms with Crippen LogP contribution in [0.5, 0.6) is 17.2 Å². The van der Waals surface area contributed by atoms with Crippen molar-refractivity contribution in [1.82, 2.24) is 5.16 Å². The summed E-state index contributed by atoms with van der Waals surface area (Å²) >= 11 is 0. The van der Waals surface area contributed by atoms with Gasteiger partial charge in [-0.05, 0) is 6.07 Å². The molecule has 0 amide bonds. The Labute approximate surface area is 107 Å². The molecule has 7 heteroatoms. The second kappa shape index (κ2) is 4.34. The van der Waals surface area contributed by atoms with Crippen LogP contribution < -0.4 is 19.9 Å². The first-order valence-electron chi connectivity index (χ1n) is 5.59. The molecule has 0 bridgehead atoms. The van der Waals surface area contributed by atoms with Crippen LogP contribution >= 0.6 is 0 Å². The number of hydrogen-bond donors (Lipinski definition) is 1. The van der Waals surface area contributed by atoms with Gasteiger partial charge >= 0.3 is 0 Å². The maximum atomic E-state index is 14.3. The van der Waals surface area contributed by atoms with Gasteiger partial charge in [0.15, 0.2) is 23.1 Å². The van der Waals surface area contributed by atoms with Crippen molar-refractivity contribution in [3.63, 3.8) is 0 Å². The summed E-state index contributed by atoms with van der Waals surface area (Å²) in [5.41, 5.74) is 5.86. The Morgan fingerprint density at radius 2 is 2.11 bits per heavy atom. The number of anilines is 1. The zero-order valence-electron chi connectivity index (χ0n) is 10.1. The van der Waals surface area contributed by atoms with Crippen LogP contribution in [-0.2, 0) is 0 Å². The van der Waals surface area contributed by atoms with Crippen LogP contribution in [0.4, 0.5) is 10.2 Å². The predicted molar refractivity (Wildman–Crippen MR) is 63.9 cm³/mol. The molecule has 3 rings (SSSR count). The van der Waals surface area contributed by atoms with Gasteiger partial charge in [0.1, 0.15) is 13.2 Å². The highest BCUT2D eigenvalue weighted by atomic mass is 19.1. The summed E-state index contributed by atoms with van der Waals surface area (Å²) in [6.45, 7) is 0.651. The lowest BCUT2D eigenvalue weighted by Crippen LogP contribution is -2.17. The Morgan fingerprint density at radius 3 is 2.79 bits per heavy atom. The highest BCUT2D eigenvalue weighted by Crippen LogP contribution is 2.44. The number of nitrogen functional groups attached to an aromatic ring is 1. The third kappa shape index (κ3) is 1.83. The summed E-state index contributed by atoms with van der Waals surface area (Å²) < 4.78 is 35.0. The molecule has 2 heterocycles. The van der Waals surface area contributed by atoms with E-state index in [-0.39, 0.29) is 17.3 Å². The molecule has 0 radical (unpaired) electrons. The molecular formula is C12H11FN2O4. The Bertz CT molecular complexity index is 626. The molecule has 19 heavy (non-hydrogen) atoms. The lowest BCUT2D eigenvalue weighted by molar-refractivity contribution is 0.162. The van der Waals surface area contributed by atoms with Gasteiger partial charge in [0, 0.05) is 6.07 Å². The molecule has 0 aliphatic carbocycles. The van der Waals surface area contributed by atoms with Gasteiger partial charge in [-0.15, -0.1) is 0 Å². The lowest BCUT2D eigenvalue weighted by atomic mass is 10.1. The maximum absolute atomic E-state index is 14.3. The van der Waals surface area contributed by atoms with Crippen molar-refractivity contribution in [2.45, 2.75) is 0 Å². The van der Waals surface area contributed by atoms with Crippen LogP contribution in [0.1, 0.15) is 0 Å². The third-order valence-electron chi connectivity index (χ3n) is 2.73. The molecule has 100 valence electrons. The van der Waals surface area contributed by atoms with Gasteiger partial charge < -0.3 is 24.5 Å². The number of aromatic nitrogens is 1. The number of hydrogen-bond acceptors (Lipinski definition) is 6. The van der Waals surface area contributed by atoms with E-state index in [4.69, 9.17) is 24.5 Å². The van der Waals surface area contributed by atoms with E-state index >= 15 is 0 Å². The SMILES string of the molecule is COc1c(-c2cc(N)no2)cc2c(c1F)OCCO2. The second-order valence-electron chi connectivity index (χ2n) is 3.91. The summed E-state index contributed by atoms with van der Waals surface area (Å²) in [6, 6.07) is 3.06. The molecule has 1 aliphatic heterocycles. The van der Waals surface area contributed by atoms with Crippen molar-refractivity contribution in [3.05, 3.63) is 17.9 Å². The predicted octanol–water partition coefficient (Wildman–Crippen LogP) is 1.84. The normalized spacial score (nSPS) is 13.4. The second-order valence-corrected chi connectivity index (χ2v) is 3.91. The fourth-order valence-electron chi connectivity index (χ4n) is 1.93. The van der Waals surface area contributed by atoms with Gasteiger partial charge in [-0.2, -0.15) is 4.39 Å². The Balaban J connectivity index is 2.21. The molecule has 1 aliphatic rings. The minimum Gasteiger partial charge on any atom is -0.493 e. The zero-order valence-corrected chi connectivity index (χ0v) is 10.1. The number of nitrogens with zero attached hydrogens (tertiary/aromatic N) is 1. The first-order chi connectivity index (χ1) is 9.20. The maximum Gasteiger partial charge on any atom is 0.211 e. The van der Waals surface area contributed by atoms with Crippen molar-refractivity contribution < 1.29 is 23.1 Å². The molecular weight excluding hydrogens is 255 g/mol. The van der Waals surface area contributed by atoms with E-state index in [1.807, 2.05) is 0 Å². The number of halogens is 1. The molecule has 0 unspecified atom stereocenters. The third-order valence-corrected chi connectivity index (χ3v) is 2.73. The average molecular weight is 266 g/mol. The standard InChI is InChI=1S/C12H11FN2O4/c1-16-11-6(7-5-9(14)15-19-7)4-8-12(10(11)13)18-3-2-17-8/h4-5H,2-3H2,1H3,(H2,14,15). The minimum atomic E-state index is -0.635. The number of benzene rings is 1. The van der Waals surface area contributed by atoms with Crippen molar-refractivity contribution in [2.75, 3.05) is 26.1 Å². The summed E-state index contributed by atoms with van der Waals surface area (Å²) in [5.74, 6) is 0.205. The van der Waals surface area contributed by atoms with E-state index in [0.717, 1.165) is 0 Å². The molecule has 0 spiro atoms. The molecule has 2 aromatic rings. The van der Waals surface area contributed by atoms with Crippen molar-refractivity contribution in [3.8, 4) is 28.6 Å². The number of nitrogens with two attached hydrogens (primary N) is 1. The van der Waals surface area contributed by atoms with E-state index in [9.17, 15) is 4.39 Å². The van der Waals surface area contributed by atoms with Gasteiger partial charge in [0.05, 0.1) is 12.7 Å². The van der Waals surface area contributed by atoms with Crippen LogP contribution in [-0.4, -0.2) is 25.5 Å². The molecule has 1 aromatic carbocycles. The lowest BCUT2D eigenvalue weighted by Gasteiger charge is -2.21. The van der Waals surface area contributed by atoms with Gasteiger partial charge in [0.25, 0.3) is 0 Å². The van der Waals surface area contributed by atoms with Crippen LogP contribution in [0.25, 0.3) is 11.3 Å². The quantitative estimate of drug-likeness (QED) is 0.893. The summed E-state index contributed by atoms with van der Waals surface area (Å²) in [6.07, 6.45) is 0. The van der Waals surface area contributed by atoms with E-state index < -0.39 is 5.82 Å². The topological polar surface area (TPSA) is 79.7 Å². The van der Waals surface area contributed by atoms with Gasteiger partial charge in [-0.1, -0.05) is 5.16 Å². The fourth-order valence-corrected chi connectivity index (χ4v) is 1.93. The summed E-state index contributed by atoms with van der Waals surface area (Å²) in [5, 5.41) is 3.56. The summed E-state index contributed by atoms with van der Waals surface area (Å²) in [4.78, 5) is 0. The largest absolute Gasteiger partial charge is 0.493 e. The Morgan fingerprint density at radius 1 is 1.32 bits per heavy atom. The van der Waals surface area contributed by atoms with Crippen LogP contribution in [0, 0.1) is 5.82 Å². The first-order valence-corrected chi connectivity index (χ1v) is 5.59. The van der Waals surface area contributed by atoms with Crippen molar-refractivity contribution in [2.24, 2.45) is 0 Å². The van der Waals surface area contributed by atoms with Crippen molar-refractivity contribution in [1.29, 1.82) is 0 Å². The van der Waals surface area contributed by atoms with Gasteiger partial charge in [-0.25, -0.2) is 0 Å². The van der Waals surface area contributed by atoms with E-state index in [0.29, 0.717) is 30.3 Å². The van der Waals surface area contributed by atoms with Crippen LogP contribution in [0.15, 0.2) is 16.7 Å². The average Bonchev–Trinajstić information content (AvgIpc) is 2.85. The van der Waals surface area contributed by atoms with Gasteiger partial charge in [-0.3, -0.25) is 0 Å². The fraction of sp³-hybridized carbons (Fsp3) is 0.250. The number of rotatable bonds is 2. The van der Waals surface area contributed by atoms with Crippen molar-refractivity contribution >= 4 is 5.82 Å². The van der Waals surface area contributed by atoms with E-state index in [2.05, 4.69) is 5.16 Å². The monoisotopic (exact) mass is 266 g/mol. The molecule has 1 aromatic heterocycles. The van der Waals surface area contributed by atoms with Crippen LogP contribution in [0.2, 0.25) is 0 Å². The number of fused-ring (bicyclic) bond motifs is 1. The number of ether oxygens (including phenoxy) is 3. The molecule has 2 N–H and O–H groups in total. The Kier molecular flexibility index (Phi) is 2.66.